The molecule has 2 saturated heterocycles. The quantitative estimate of drug-likeness (QED) is 0.484. The van der Waals surface area contributed by atoms with Gasteiger partial charge in [-0.05, 0) is 61.2 Å². The molecule has 4 aliphatic rings. The summed E-state index contributed by atoms with van der Waals surface area (Å²) in [4.78, 5) is 29.2. The van der Waals surface area contributed by atoms with Crippen LogP contribution < -0.4 is 0 Å². The molecule has 4 rings (SSSR count). The van der Waals surface area contributed by atoms with Gasteiger partial charge in [0.25, 0.3) is 0 Å². The molecule has 0 aromatic heterocycles. The van der Waals surface area contributed by atoms with E-state index in [9.17, 15) is 9.59 Å². The maximum atomic E-state index is 12.1. The zero-order chi connectivity index (χ0) is 23.6. The third-order valence-electron chi connectivity index (χ3n) is 8.55. The SMILES string of the molecule is CC1(C)CC(=O)C=C(N2CCC(CCCC3CCN(C4=CC(=O)CC(C)(C)C4)CC3)CC2)C1. The third kappa shape index (κ3) is 6.73. The van der Waals surface area contributed by atoms with Crippen LogP contribution in [-0.4, -0.2) is 47.5 Å². The van der Waals surface area contributed by atoms with Crippen molar-refractivity contribution in [3.05, 3.63) is 23.5 Å². The van der Waals surface area contributed by atoms with Crippen LogP contribution in [0.2, 0.25) is 0 Å². The molecule has 0 radical (unpaired) electrons. The predicted molar refractivity (Wildman–Crippen MR) is 135 cm³/mol. The van der Waals surface area contributed by atoms with Gasteiger partial charge in [-0.1, -0.05) is 47.0 Å². The second-order valence-electron chi connectivity index (χ2n) is 13.0. The van der Waals surface area contributed by atoms with Crippen molar-refractivity contribution >= 4 is 11.6 Å². The number of likely N-dealkylation sites (tertiary alicyclic amines) is 2. The van der Waals surface area contributed by atoms with Crippen LogP contribution >= 0.6 is 0 Å². The van der Waals surface area contributed by atoms with Crippen molar-refractivity contribution in [1.82, 2.24) is 9.80 Å². The first-order chi connectivity index (χ1) is 15.6. The molecule has 0 amide bonds. The van der Waals surface area contributed by atoms with Crippen LogP contribution in [0.15, 0.2) is 23.5 Å². The van der Waals surface area contributed by atoms with Gasteiger partial charge in [0, 0.05) is 62.6 Å². The Morgan fingerprint density at radius 2 is 1.03 bits per heavy atom. The van der Waals surface area contributed by atoms with E-state index < -0.39 is 0 Å². The molecule has 2 fully saturated rings. The smallest absolute Gasteiger partial charge is 0.157 e. The number of hydrogen-bond donors (Lipinski definition) is 0. The van der Waals surface area contributed by atoms with E-state index in [2.05, 4.69) is 37.5 Å². The Balaban J connectivity index is 1.14. The van der Waals surface area contributed by atoms with Gasteiger partial charge in [-0.3, -0.25) is 9.59 Å². The van der Waals surface area contributed by atoms with Crippen molar-refractivity contribution < 1.29 is 9.59 Å². The Labute approximate surface area is 201 Å². The molecule has 0 N–H and O–H groups in total. The number of hydrogen-bond acceptors (Lipinski definition) is 4. The summed E-state index contributed by atoms with van der Waals surface area (Å²) < 4.78 is 0. The van der Waals surface area contributed by atoms with E-state index in [0.29, 0.717) is 24.4 Å². The second kappa shape index (κ2) is 9.96. The average Bonchev–Trinajstić information content (AvgIpc) is 2.72. The standard InChI is InChI=1S/C29H46N2O2/c1-28(2)18-24(16-26(32)20-28)30-12-8-22(9-13-30)6-5-7-23-10-14-31(15-11-23)25-17-27(33)21-29(3,4)19-25/h16-17,22-23H,5-15,18-21H2,1-4H3. The minimum Gasteiger partial charge on any atom is -0.375 e. The maximum absolute atomic E-state index is 12.1. The fourth-order valence-corrected chi connectivity index (χ4v) is 6.74. The second-order valence-corrected chi connectivity index (χ2v) is 13.0. The molecule has 184 valence electrons. The van der Waals surface area contributed by atoms with Crippen LogP contribution in [0.4, 0.5) is 0 Å². The monoisotopic (exact) mass is 454 g/mol. The number of carbonyl (C=O) groups excluding carboxylic acids is 2. The van der Waals surface area contributed by atoms with Crippen LogP contribution in [0.25, 0.3) is 0 Å². The van der Waals surface area contributed by atoms with Crippen molar-refractivity contribution in [3.8, 4) is 0 Å². The van der Waals surface area contributed by atoms with Crippen molar-refractivity contribution in [1.29, 1.82) is 0 Å². The summed E-state index contributed by atoms with van der Waals surface area (Å²) in [6.07, 6.45) is 16.6. The van der Waals surface area contributed by atoms with Gasteiger partial charge in [-0.15, -0.1) is 0 Å². The zero-order valence-corrected chi connectivity index (χ0v) is 21.6. The first-order valence-corrected chi connectivity index (χ1v) is 13.6. The normalized spacial score (nSPS) is 26.9. The highest BCUT2D eigenvalue weighted by molar-refractivity contribution is 5.92. The molecule has 33 heavy (non-hydrogen) atoms. The molecule has 0 saturated carbocycles. The molecule has 0 spiro atoms. The lowest BCUT2D eigenvalue weighted by Gasteiger charge is -2.40. The van der Waals surface area contributed by atoms with Crippen LogP contribution in [0, 0.1) is 22.7 Å². The minimum absolute atomic E-state index is 0.118. The summed E-state index contributed by atoms with van der Waals surface area (Å²) in [7, 11) is 0. The Kier molecular flexibility index (Phi) is 7.41. The molecule has 0 bridgehead atoms. The highest BCUT2D eigenvalue weighted by Crippen LogP contribution is 2.38. The number of piperidine rings is 2. The van der Waals surface area contributed by atoms with E-state index >= 15 is 0 Å². The maximum Gasteiger partial charge on any atom is 0.157 e. The lowest BCUT2D eigenvalue weighted by atomic mass is 9.78. The molecule has 0 aromatic rings. The van der Waals surface area contributed by atoms with E-state index in [1.54, 1.807) is 0 Å². The third-order valence-corrected chi connectivity index (χ3v) is 8.55. The summed E-state index contributed by atoms with van der Waals surface area (Å²) >= 11 is 0. The van der Waals surface area contributed by atoms with Crippen LogP contribution in [0.1, 0.15) is 98.3 Å². The number of allylic oxidation sites excluding steroid dienone is 4. The summed E-state index contributed by atoms with van der Waals surface area (Å²) in [5.74, 6) is 2.33. The van der Waals surface area contributed by atoms with Crippen LogP contribution in [-0.2, 0) is 9.59 Å². The first kappa shape index (κ1) is 24.5. The predicted octanol–water partition coefficient (Wildman–Crippen LogP) is 6.13. The van der Waals surface area contributed by atoms with Gasteiger partial charge >= 0.3 is 0 Å². The molecular weight excluding hydrogens is 408 g/mol. The molecule has 0 unspecified atom stereocenters. The molecular formula is C29H46N2O2. The molecule has 4 nitrogen and oxygen atoms in total. The van der Waals surface area contributed by atoms with E-state index in [0.717, 1.165) is 50.9 Å². The topological polar surface area (TPSA) is 40.6 Å². The molecule has 0 aromatic carbocycles. The van der Waals surface area contributed by atoms with E-state index in [1.165, 1.54) is 56.3 Å². The van der Waals surface area contributed by atoms with Gasteiger partial charge < -0.3 is 9.80 Å². The van der Waals surface area contributed by atoms with E-state index in [4.69, 9.17) is 0 Å². The van der Waals surface area contributed by atoms with Crippen molar-refractivity contribution in [3.63, 3.8) is 0 Å². The minimum atomic E-state index is 0.118. The number of carbonyl (C=O) groups is 2. The van der Waals surface area contributed by atoms with E-state index in [1.807, 2.05) is 12.2 Å². The molecule has 2 aliphatic heterocycles. The largest absolute Gasteiger partial charge is 0.375 e. The molecule has 4 heteroatoms. The Hall–Kier alpha value is -1.58. The first-order valence-electron chi connectivity index (χ1n) is 13.6. The molecule has 0 atom stereocenters. The Bertz CT molecular complexity index is 724. The van der Waals surface area contributed by atoms with Crippen molar-refractivity contribution in [2.75, 3.05) is 26.2 Å². The number of nitrogens with zero attached hydrogens (tertiary/aromatic N) is 2. The summed E-state index contributed by atoms with van der Waals surface area (Å²) in [6.45, 7) is 13.4. The molecule has 2 aliphatic carbocycles. The van der Waals surface area contributed by atoms with E-state index in [-0.39, 0.29) is 10.8 Å². The molecule has 2 heterocycles. The fourth-order valence-electron chi connectivity index (χ4n) is 6.74. The summed E-state index contributed by atoms with van der Waals surface area (Å²) in [5, 5.41) is 0. The lowest BCUT2D eigenvalue weighted by molar-refractivity contribution is -0.118. The highest BCUT2D eigenvalue weighted by atomic mass is 16.1. The zero-order valence-electron chi connectivity index (χ0n) is 21.6. The number of ketones is 2. The van der Waals surface area contributed by atoms with Gasteiger partial charge in [-0.2, -0.15) is 0 Å². The highest BCUT2D eigenvalue weighted by Gasteiger charge is 2.32. The summed E-state index contributed by atoms with van der Waals surface area (Å²) in [6, 6.07) is 0. The van der Waals surface area contributed by atoms with Crippen molar-refractivity contribution in [2.24, 2.45) is 22.7 Å². The van der Waals surface area contributed by atoms with Gasteiger partial charge in [-0.25, -0.2) is 0 Å². The van der Waals surface area contributed by atoms with Crippen LogP contribution in [0.3, 0.4) is 0 Å². The Morgan fingerprint density at radius 1 is 0.667 bits per heavy atom. The fraction of sp³-hybridized carbons (Fsp3) is 0.793. The van der Waals surface area contributed by atoms with Crippen LogP contribution in [0.5, 0.6) is 0 Å². The Morgan fingerprint density at radius 3 is 1.36 bits per heavy atom. The van der Waals surface area contributed by atoms with Gasteiger partial charge in [0.1, 0.15) is 0 Å². The van der Waals surface area contributed by atoms with Crippen molar-refractivity contribution in [2.45, 2.75) is 98.3 Å². The van der Waals surface area contributed by atoms with Gasteiger partial charge in [0.2, 0.25) is 0 Å². The lowest BCUT2D eigenvalue weighted by Crippen LogP contribution is -2.37. The van der Waals surface area contributed by atoms with Gasteiger partial charge in [0.15, 0.2) is 11.6 Å². The number of rotatable bonds is 6. The summed E-state index contributed by atoms with van der Waals surface area (Å²) in [5.41, 5.74) is 2.82. The average molecular weight is 455 g/mol. The van der Waals surface area contributed by atoms with Gasteiger partial charge in [0.05, 0.1) is 0 Å².